The second-order valence-electron chi connectivity index (χ2n) is 13.5. The third-order valence-electron chi connectivity index (χ3n) is 8.26. The van der Waals surface area contributed by atoms with E-state index in [2.05, 4.69) is 157 Å². The second-order valence-corrected chi connectivity index (χ2v) is 13.5. The van der Waals surface area contributed by atoms with Gasteiger partial charge in [-0.25, -0.2) is 0 Å². The quantitative estimate of drug-likeness (QED) is 0.285. The van der Waals surface area contributed by atoms with E-state index in [1.165, 1.54) is 55.6 Å². The Bertz CT molecular complexity index is 1300. The van der Waals surface area contributed by atoms with E-state index in [1.54, 1.807) is 0 Å². The van der Waals surface area contributed by atoms with Gasteiger partial charge in [-0.05, 0) is 120 Å². The fourth-order valence-corrected chi connectivity index (χ4v) is 5.35. The summed E-state index contributed by atoms with van der Waals surface area (Å²) in [6.45, 7) is 37.5. The summed E-state index contributed by atoms with van der Waals surface area (Å²) >= 11 is 0. The molecule has 0 spiro atoms. The van der Waals surface area contributed by atoms with E-state index in [0.29, 0.717) is 5.92 Å². The maximum absolute atomic E-state index is 4.36. The molecule has 41 heavy (non-hydrogen) atoms. The van der Waals surface area contributed by atoms with Gasteiger partial charge in [0.25, 0.3) is 0 Å². The molecule has 0 aliphatic carbocycles. The van der Waals surface area contributed by atoms with Crippen LogP contribution in [0, 0.1) is 32.1 Å². The number of rotatable bonds is 6. The van der Waals surface area contributed by atoms with Crippen molar-refractivity contribution in [3.05, 3.63) is 106 Å². The van der Waals surface area contributed by atoms with Crippen LogP contribution in [0.2, 0.25) is 0 Å². The van der Waals surface area contributed by atoms with Crippen LogP contribution in [0.25, 0.3) is 22.3 Å². The van der Waals surface area contributed by atoms with Crippen molar-refractivity contribution in [1.82, 2.24) is 0 Å². The molecule has 0 radical (unpaired) electrons. The first-order chi connectivity index (χ1) is 19.0. The third-order valence-corrected chi connectivity index (χ3v) is 8.26. The van der Waals surface area contributed by atoms with Crippen molar-refractivity contribution in [3.63, 3.8) is 0 Å². The van der Waals surface area contributed by atoms with E-state index >= 15 is 0 Å². The van der Waals surface area contributed by atoms with E-state index < -0.39 is 0 Å². The molecular weight excluding hydrogens is 492 g/mol. The van der Waals surface area contributed by atoms with Gasteiger partial charge in [0.15, 0.2) is 0 Å². The lowest BCUT2D eigenvalue weighted by molar-refractivity contribution is 0.371. The predicted octanol–water partition coefficient (Wildman–Crippen LogP) is 13.0. The summed E-state index contributed by atoms with van der Waals surface area (Å²) in [6, 6.07) is 20.2. The smallest absolute Gasteiger partial charge is 0.00743 e. The van der Waals surface area contributed by atoms with Gasteiger partial charge in [0.05, 0.1) is 0 Å². The van der Waals surface area contributed by atoms with Gasteiger partial charge in [-0.1, -0.05) is 135 Å². The zero-order valence-electron chi connectivity index (χ0n) is 29.3. The molecule has 0 nitrogen and oxygen atoms in total. The Kier molecular flexibility index (Phi) is 13.6. The molecule has 3 rings (SSSR count). The molecule has 0 unspecified atom stereocenters. The van der Waals surface area contributed by atoms with Crippen LogP contribution >= 0.6 is 0 Å². The molecule has 0 atom stereocenters. The Morgan fingerprint density at radius 2 is 1.29 bits per heavy atom. The maximum atomic E-state index is 4.36. The summed E-state index contributed by atoms with van der Waals surface area (Å²) in [4.78, 5) is 0. The monoisotopic (exact) mass is 552 g/mol. The van der Waals surface area contributed by atoms with Crippen molar-refractivity contribution in [3.8, 4) is 11.1 Å². The molecule has 0 fully saturated rings. The topological polar surface area (TPSA) is 0 Å². The van der Waals surface area contributed by atoms with Gasteiger partial charge in [-0.15, -0.1) is 0 Å². The van der Waals surface area contributed by atoms with Crippen LogP contribution in [0.4, 0.5) is 0 Å². The highest BCUT2D eigenvalue weighted by Crippen LogP contribution is 2.41. The Hall–Kier alpha value is -2.86. The molecule has 0 aliphatic rings. The number of benzene rings is 3. The van der Waals surface area contributed by atoms with E-state index in [1.807, 2.05) is 13.8 Å². The van der Waals surface area contributed by atoms with Gasteiger partial charge in [-0.3, -0.25) is 0 Å². The number of aryl methyl sites for hydroxylation is 3. The van der Waals surface area contributed by atoms with Crippen LogP contribution in [0.15, 0.2) is 67.3 Å². The van der Waals surface area contributed by atoms with Crippen LogP contribution in [-0.4, -0.2) is 0 Å². The van der Waals surface area contributed by atoms with E-state index in [0.717, 1.165) is 12.0 Å². The SMILES string of the molecule is C/C=C(\C)c1c(C)cccc1C.C=C(C)c1c(-c2cc(CC(C)(C)C)ccc2C)cccc1C(C)(C)C(C)C.CC. The lowest BCUT2D eigenvalue weighted by atomic mass is 9.71. The molecule has 0 bridgehead atoms. The minimum absolute atomic E-state index is 0.0984. The highest BCUT2D eigenvalue weighted by Gasteiger charge is 2.29. The van der Waals surface area contributed by atoms with Crippen molar-refractivity contribution in [2.45, 2.75) is 116 Å². The minimum Gasteiger partial charge on any atom is -0.0955 e. The van der Waals surface area contributed by atoms with Crippen molar-refractivity contribution >= 4 is 11.1 Å². The fraction of sp³-hybridized carbons (Fsp3) is 0.463. The normalized spacial score (nSPS) is 11.9. The first kappa shape index (κ1) is 36.2. The molecular formula is C41H60. The maximum Gasteiger partial charge on any atom is -0.00743 e. The highest BCUT2D eigenvalue weighted by atomic mass is 14.3. The lowest BCUT2D eigenvalue weighted by Crippen LogP contribution is -2.26. The number of hydrogen-bond donors (Lipinski definition) is 0. The Balaban J connectivity index is 0.000000500. The van der Waals surface area contributed by atoms with Gasteiger partial charge in [-0.2, -0.15) is 0 Å². The van der Waals surface area contributed by atoms with Crippen molar-refractivity contribution < 1.29 is 0 Å². The summed E-state index contributed by atoms with van der Waals surface area (Å²) in [7, 11) is 0. The Labute approximate surface area is 255 Å². The molecule has 0 saturated heterocycles. The molecule has 0 aromatic heterocycles. The predicted molar refractivity (Wildman–Crippen MR) is 189 cm³/mol. The van der Waals surface area contributed by atoms with Crippen LogP contribution in [0.1, 0.15) is 122 Å². The summed E-state index contributed by atoms with van der Waals surface area (Å²) < 4.78 is 0. The van der Waals surface area contributed by atoms with Gasteiger partial charge < -0.3 is 0 Å². The van der Waals surface area contributed by atoms with Crippen molar-refractivity contribution in [1.29, 1.82) is 0 Å². The fourth-order valence-electron chi connectivity index (χ4n) is 5.35. The number of hydrogen-bond acceptors (Lipinski definition) is 0. The summed E-state index contributed by atoms with van der Waals surface area (Å²) in [5, 5.41) is 0. The zero-order chi connectivity index (χ0) is 31.7. The van der Waals surface area contributed by atoms with E-state index in [9.17, 15) is 0 Å². The van der Waals surface area contributed by atoms with Crippen LogP contribution in [0.3, 0.4) is 0 Å². The first-order valence-corrected chi connectivity index (χ1v) is 15.6. The highest BCUT2D eigenvalue weighted by molar-refractivity contribution is 5.84. The second kappa shape index (κ2) is 15.4. The lowest BCUT2D eigenvalue weighted by Gasteiger charge is -2.33. The summed E-state index contributed by atoms with van der Waals surface area (Å²) in [6.07, 6.45) is 3.25. The van der Waals surface area contributed by atoms with Gasteiger partial charge in [0.1, 0.15) is 0 Å². The largest absolute Gasteiger partial charge is 0.0955 e. The standard InChI is InChI=1S/C27H38.C12H16.C2H6/c1-18(2)25-22(12-11-13-24(25)27(9,10)19(3)4)23-16-21(15-14-20(23)5)17-26(6,7)8;1-5-9(2)12-10(3)7-6-8-11(12)4;1-2/h11-16,19H,1,17H2,2-10H3;5-8H,1-4H3;1-2H3/b;9-5+;. The Morgan fingerprint density at radius 1 is 0.756 bits per heavy atom. The first-order valence-electron chi connectivity index (χ1n) is 15.6. The molecule has 0 amide bonds. The van der Waals surface area contributed by atoms with Crippen LogP contribution < -0.4 is 0 Å². The molecule has 0 heteroatoms. The molecule has 0 heterocycles. The summed E-state index contributed by atoms with van der Waals surface area (Å²) in [5.74, 6) is 0.555. The molecule has 0 aliphatic heterocycles. The third kappa shape index (κ3) is 9.59. The summed E-state index contributed by atoms with van der Waals surface area (Å²) in [5.41, 5.74) is 15.2. The zero-order valence-corrected chi connectivity index (χ0v) is 29.3. The van der Waals surface area contributed by atoms with E-state index in [-0.39, 0.29) is 10.8 Å². The van der Waals surface area contributed by atoms with Crippen molar-refractivity contribution in [2.75, 3.05) is 0 Å². The minimum atomic E-state index is 0.0984. The van der Waals surface area contributed by atoms with Gasteiger partial charge in [0.2, 0.25) is 0 Å². The van der Waals surface area contributed by atoms with E-state index in [4.69, 9.17) is 0 Å². The number of allylic oxidation sites excluding steroid dienone is 3. The average Bonchev–Trinajstić information content (AvgIpc) is 2.89. The van der Waals surface area contributed by atoms with Crippen LogP contribution in [0.5, 0.6) is 0 Å². The van der Waals surface area contributed by atoms with Crippen LogP contribution in [-0.2, 0) is 11.8 Å². The van der Waals surface area contributed by atoms with Gasteiger partial charge >= 0.3 is 0 Å². The average molecular weight is 553 g/mol. The molecule has 3 aromatic rings. The van der Waals surface area contributed by atoms with Crippen molar-refractivity contribution in [2.24, 2.45) is 11.3 Å². The molecule has 0 N–H and O–H groups in total. The molecule has 0 saturated carbocycles. The Morgan fingerprint density at radius 3 is 1.76 bits per heavy atom. The molecule has 3 aromatic carbocycles. The van der Waals surface area contributed by atoms with Gasteiger partial charge in [0, 0.05) is 0 Å². The molecule has 224 valence electrons.